The van der Waals surface area contributed by atoms with Crippen LogP contribution in [0.5, 0.6) is 0 Å². The van der Waals surface area contributed by atoms with E-state index in [4.69, 9.17) is 4.42 Å². The van der Waals surface area contributed by atoms with Gasteiger partial charge < -0.3 is 4.42 Å². The minimum atomic E-state index is -4.04. The van der Waals surface area contributed by atoms with Crippen molar-refractivity contribution >= 4 is 0 Å². The molecule has 0 saturated carbocycles. The SMILES string of the molecule is FC(F)(F)C1CCN(Cc2cocn2)CC1. The van der Waals surface area contributed by atoms with E-state index in [2.05, 4.69) is 4.98 Å². The van der Waals surface area contributed by atoms with Crippen molar-refractivity contribution in [1.29, 1.82) is 0 Å². The Morgan fingerprint density at radius 2 is 2.06 bits per heavy atom. The third-order valence-electron chi connectivity index (χ3n) is 2.92. The van der Waals surface area contributed by atoms with E-state index in [9.17, 15) is 13.2 Å². The molecule has 1 aliphatic heterocycles. The number of hydrogen-bond acceptors (Lipinski definition) is 3. The molecule has 0 N–H and O–H groups in total. The zero-order chi connectivity index (χ0) is 11.6. The zero-order valence-corrected chi connectivity index (χ0v) is 8.70. The van der Waals surface area contributed by atoms with Crippen molar-refractivity contribution in [2.24, 2.45) is 5.92 Å². The molecule has 0 aromatic carbocycles. The van der Waals surface area contributed by atoms with E-state index < -0.39 is 12.1 Å². The highest BCUT2D eigenvalue weighted by Gasteiger charge is 2.40. The van der Waals surface area contributed by atoms with Gasteiger partial charge in [-0.15, -0.1) is 0 Å². The molecule has 90 valence electrons. The van der Waals surface area contributed by atoms with Gasteiger partial charge in [0, 0.05) is 6.54 Å². The Kier molecular flexibility index (Phi) is 3.18. The molecule has 16 heavy (non-hydrogen) atoms. The third-order valence-corrected chi connectivity index (χ3v) is 2.92. The van der Waals surface area contributed by atoms with Crippen LogP contribution in [0, 0.1) is 5.92 Å². The second-order valence-electron chi connectivity index (χ2n) is 4.07. The Hall–Kier alpha value is -1.04. The van der Waals surface area contributed by atoms with Gasteiger partial charge in [-0.25, -0.2) is 4.98 Å². The van der Waals surface area contributed by atoms with Crippen LogP contribution >= 0.6 is 0 Å². The normalized spacial score (nSPS) is 20.2. The van der Waals surface area contributed by atoms with Crippen molar-refractivity contribution in [3.63, 3.8) is 0 Å². The van der Waals surface area contributed by atoms with Gasteiger partial charge in [0.05, 0.1) is 11.6 Å². The molecule has 1 aliphatic rings. The molecule has 0 spiro atoms. The smallest absolute Gasteiger partial charge is 0.391 e. The van der Waals surface area contributed by atoms with E-state index in [-0.39, 0.29) is 12.8 Å². The Labute approximate surface area is 91.3 Å². The highest BCUT2D eigenvalue weighted by molar-refractivity contribution is 4.91. The Morgan fingerprint density at radius 3 is 2.56 bits per heavy atom. The van der Waals surface area contributed by atoms with Crippen LogP contribution in [0.1, 0.15) is 18.5 Å². The van der Waals surface area contributed by atoms with Gasteiger partial charge in [0.25, 0.3) is 0 Å². The van der Waals surface area contributed by atoms with Gasteiger partial charge in [0.1, 0.15) is 6.26 Å². The summed E-state index contributed by atoms with van der Waals surface area (Å²) in [5, 5.41) is 0. The maximum Gasteiger partial charge on any atom is 0.391 e. The number of piperidine rings is 1. The average Bonchev–Trinajstić information content (AvgIpc) is 2.70. The Bertz CT molecular complexity index is 315. The van der Waals surface area contributed by atoms with E-state index in [1.165, 1.54) is 12.7 Å². The average molecular weight is 234 g/mol. The summed E-state index contributed by atoms with van der Waals surface area (Å²) in [6.07, 6.45) is -0.823. The van der Waals surface area contributed by atoms with Crippen molar-refractivity contribution in [2.75, 3.05) is 13.1 Å². The molecule has 1 fully saturated rings. The molecule has 0 radical (unpaired) electrons. The predicted molar refractivity (Wildman–Crippen MR) is 50.6 cm³/mol. The lowest BCUT2D eigenvalue weighted by molar-refractivity contribution is -0.185. The summed E-state index contributed by atoms with van der Waals surface area (Å²) in [4.78, 5) is 5.92. The maximum absolute atomic E-state index is 12.4. The van der Waals surface area contributed by atoms with Crippen molar-refractivity contribution in [1.82, 2.24) is 9.88 Å². The first kappa shape index (κ1) is 11.4. The molecule has 0 amide bonds. The molecule has 1 saturated heterocycles. The van der Waals surface area contributed by atoms with Crippen LogP contribution in [0.2, 0.25) is 0 Å². The number of aromatic nitrogens is 1. The van der Waals surface area contributed by atoms with Gasteiger partial charge in [-0.3, -0.25) is 4.90 Å². The predicted octanol–water partition coefficient (Wildman–Crippen LogP) is 2.45. The molecular formula is C10H13F3N2O. The molecule has 1 aromatic rings. The quantitative estimate of drug-likeness (QED) is 0.787. The molecule has 2 heterocycles. The van der Waals surface area contributed by atoms with Crippen molar-refractivity contribution in [3.05, 3.63) is 18.4 Å². The molecule has 3 nitrogen and oxygen atoms in total. The number of halogens is 3. The molecule has 1 aromatic heterocycles. The fraction of sp³-hybridized carbons (Fsp3) is 0.700. The largest absolute Gasteiger partial charge is 0.451 e. The van der Waals surface area contributed by atoms with Crippen LogP contribution < -0.4 is 0 Å². The number of alkyl halides is 3. The molecule has 2 rings (SSSR count). The molecule has 6 heteroatoms. The molecular weight excluding hydrogens is 221 g/mol. The van der Waals surface area contributed by atoms with E-state index in [1.54, 1.807) is 0 Å². The Morgan fingerprint density at radius 1 is 1.38 bits per heavy atom. The highest BCUT2D eigenvalue weighted by atomic mass is 19.4. The lowest BCUT2D eigenvalue weighted by atomic mass is 9.96. The highest BCUT2D eigenvalue weighted by Crippen LogP contribution is 2.34. The summed E-state index contributed by atoms with van der Waals surface area (Å²) in [5.74, 6) is -1.14. The van der Waals surface area contributed by atoms with E-state index in [0.29, 0.717) is 19.6 Å². The summed E-state index contributed by atoms with van der Waals surface area (Å²) in [5.41, 5.74) is 0.769. The van der Waals surface area contributed by atoms with E-state index >= 15 is 0 Å². The summed E-state index contributed by atoms with van der Waals surface area (Å²) in [6, 6.07) is 0. The minimum absolute atomic E-state index is 0.182. The van der Waals surface area contributed by atoms with Gasteiger partial charge in [0.15, 0.2) is 6.39 Å². The van der Waals surface area contributed by atoms with Gasteiger partial charge in [0.2, 0.25) is 0 Å². The van der Waals surface area contributed by atoms with Gasteiger partial charge >= 0.3 is 6.18 Å². The second-order valence-corrected chi connectivity index (χ2v) is 4.07. The fourth-order valence-corrected chi connectivity index (χ4v) is 1.96. The minimum Gasteiger partial charge on any atom is -0.451 e. The van der Waals surface area contributed by atoms with Crippen LogP contribution in [-0.2, 0) is 6.54 Å². The first-order valence-electron chi connectivity index (χ1n) is 5.22. The van der Waals surface area contributed by atoms with Crippen molar-refractivity contribution in [2.45, 2.75) is 25.6 Å². The number of nitrogens with zero attached hydrogens (tertiary/aromatic N) is 2. The monoisotopic (exact) mass is 234 g/mol. The Balaban J connectivity index is 1.82. The zero-order valence-electron chi connectivity index (χ0n) is 8.70. The van der Waals surface area contributed by atoms with Gasteiger partial charge in [-0.1, -0.05) is 0 Å². The number of oxazole rings is 1. The van der Waals surface area contributed by atoms with Crippen molar-refractivity contribution in [3.8, 4) is 0 Å². The first-order chi connectivity index (χ1) is 7.55. The third kappa shape index (κ3) is 2.75. The molecule has 0 aliphatic carbocycles. The van der Waals surface area contributed by atoms with Crippen molar-refractivity contribution < 1.29 is 17.6 Å². The number of hydrogen-bond donors (Lipinski definition) is 0. The molecule has 0 atom stereocenters. The van der Waals surface area contributed by atoms with Crippen LogP contribution in [0.3, 0.4) is 0 Å². The number of likely N-dealkylation sites (tertiary alicyclic amines) is 1. The maximum atomic E-state index is 12.4. The standard InChI is InChI=1S/C10H13F3N2O/c11-10(12,13)8-1-3-15(4-2-8)5-9-6-16-7-14-9/h6-8H,1-5H2. The lowest BCUT2D eigenvalue weighted by Gasteiger charge is -2.32. The van der Waals surface area contributed by atoms with Gasteiger partial charge in [-0.2, -0.15) is 13.2 Å². The topological polar surface area (TPSA) is 29.3 Å². The first-order valence-corrected chi connectivity index (χ1v) is 5.22. The fourth-order valence-electron chi connectivity index (χ4n) is 1.96. The van der Waals surface area contributed by atoms with Crippen LogP contribution in [0.4, 0.5) is 13.2 Å². The molecule has 0 bridgehead atoms. The second kappa shape index (κ2) is 4.45. The van der Waals surface area contributed by atoms with Gasteiger partial charge in [-0.05, 0) is 25.9 Å². The summed E-state index contributed by atoms with van der Waals surface area (Å²) >= 11 is 0. The van der Waals surface area contributed by atoms with E-state index in [1.807, 2.05) is 4.90 Å². The number of rotatable bonds is 2. The summed E-state index contributed by atoms with van der Waals surface area (Å²) in [7, 11) is 0. The van der Waals surface area contributed by atoms with E-state index in [0.717, 1.165) is 5.69 Å². The van der Waals surface area contributed by atoms with Crippen LogP contribution in [-0.4, -0.2) is 29.1 Å². The lowest BCUT2D eigenvalue weighted by Crippen LogP contribution is -2.38. The van der Waals surface area contributed by atoms with Crippen LogP contribution in [0.25, 0.3) is 0 Å². The summed E-state index contributed by atoms with van der Waals surface area (Å²) < 4.78 is 42.0. The molecule has 0 unspecified atom stereocenters. The van der Waals surface area contributed by atoms with Crippen LogP contribution in [0.15, 0.2) is 17.1 Å². The summed E-state index contributed by atoms with van der Waals surface area (Å²) in [6.45, 7) is 1.51.